The summed E-state index contributed by atoms with van der Waals surface area (Å²) in [5, 5.41) is 3.53. The summed E-state index contributed by atoms with van der Waals surface area (Å²) in [6.07, 6.45) is 4.55. The number of nitrogens with one attached hydrogen (secondary N) is 1. The molecule has 1 N–H and O–H groups in total. The molecule has 18 heavy (non-hydrogen) atoms. The van der Waals surface area contributed by atoms with Gasteiger partial charge in [-0.2, -0.15) is 0 Å². The van der Waals surface area contributed by atoms with Gasteiger partial charge in [0.2, 0.25) is 0 Å². The van der Waals surface area contributed by atoms with Gasteiger partial charge in [-0.1, -0.05) is 0 Å². The van der Waals surface area contributed by atoms with Crippen LogP contribution in [-0.4, -0.2) is 57.0 Å². The summed E-state index contributed by atoms with van der Waals surface area (Å²) in [6, 6.07) is 0.515. The zero-order chi connectivity index (χ0) is 13.0. The molecule has 2 saturated heterocycles. The van der Waals surface area contributed by atoms with E-state index in [1.54, 1.807) is 0 Å². The highest BCUT2D eigenvalue weighted by atomic mass is 32.2. The van der Waals surface area contributed by atoms with Crippen LogP contribution in [0.1, 0.15) is 32.6 Å². The maximum absolute atomic E-state index is 11.3. The van der Waals surface area contributed by atoms with Crippen LogP contribution in [0.25, 0.3) is 0 Å². The van der Waals surface area contributed by atoms with Gasteiger partial charge >= 0.3 is 0 Å². The van der Waals surface area contributed by atoms with Crippen LogP contribution >= 0.6 is 0 Å². The fourth-order valence-corrected chi connectivity index (χ4v) is 4.96. The van der Waals surface area contributed by atoms with Crippen LogP contribution in [0.3, 0.4) is 0 Å². The highest BCUT2D eigenvalue weighted by molar-refractivity contribution is 7.91. The van der Waals surface area contributed by atoms with Crippen molar-refractivity contribution in [3.05, 3.63) is 0 Å². The van der Waals surface area contributed by atoms with E-state index in [0.717, 1.165) is 25.9 Å². The van der Waals surface area contributed by atoms with Crippen LogP contribution in [0.15, 0.2) is 0 Å². The first-order chi connectivity index (χ1) is 8.55. The summed E-state index contributed by atoms with van der Waals surface area (Å²) in [4.78, 5) is 2.51. The molecule has 0 spiro atoms. The lowest BCUT2D eigenvalue weighted by atomic mass is 10.1. The van der Waals surface area contributed by atoms with E-state index in [-0.39, 0.29) is 0 Å². The first-order valence-corrected chi connectivity index (χ1v) is 9.03. The number of sulfone groups is 1. The summed E-state index contributed by atoms with van der Waals surface area (Å²) < 4.78 is 22.7. The fraction of sp³-hybridized carbons (Fsp3) is 1.00. The predicted octanol–water partition coefficient (Wildman–Crippen LogP) is 0.885. The molecule has 4 nitrogen and oxygen atoms in total. The van der Waals surface area contributed by atoms with Crippen LogP contribution in [0.5, 0.6) is 0 Å². The Bertz CT molecular complexity index is 350. The van der Waals surface area contributed by atoms with Crippen molar-refractivity contribution < 1.29 is 8.42 Å². The monoisotopic (exact) mass is 274 g/mol. The largest absolute Gasteiger partial charge is 0.313 e. The summed E-state index contributed by atoms with van der Waals surface area (Å²) in [6.45, 7) is 6.79. The van der Waals surface area contributed by atoms with E-state index in [0.29, 0.717) is 23.5 Å². The molecule has 0 radical (unpaired) electrons. The van der Waals surface area contributed by atoms with E-state index in [1.807, 2.05) is 0 Å². The van der Waals surface area contributed by atoms with Crippen molar-refractivity contribution in [2.75, 3.05) is 37.7 Å². The molecule has 0 saturated carbocycles. The molecule has 2 rings (SSSR count). The van der Waals surface area contributed by atoms with Crippen LogP contribution < -0.4 is 5.32 Å². The van der Waals surface area contributed by atoms with Crippen LogP contribution in [0.2, 0.25) is 0 Å². The minimum Gasteiger partial charge on any atom is -0.313 e. The Balaban J connectivity index is 1.57. The van der Waals surface area contributed by atoms with Gasteiger partial charge < -0.3 is 10.2 Å². The smallest absolute Gasteiger partial charge is 0.150 e. The molecular formula is C13H26N2O2S. The fourth-order valence-electron chi connectivity index (χ4n) is 3.05. The third kappa shape index (κ3) is 4.52. The van der Waals surface area contributed by atoms with Gasteiger partial charge in [0.15, 0.2) is 9.84 Å². The molecule has 0 aliphatic carbocycles. The molecule has 5 heteroatoms. The Morgan fingerprint density at radius 3 is 2.67 bits per heavy atom. The van der Waals surface area contributed by atoms with Gasteiger partial charge in [0.1, 0.15) is 0 Å². The van der Waals surface area contributed by atoms with Gasteiger partial charge in [-0.3, -0.25) is 0 Å². The van der Waals surface area contributed by atoms with Gasteiger partial charge in [-0.05, 0) is 58.2 Å². The van der Waals surface area contributed by atoms with E-state index < -0.39 is 9.84 Å². The van der Waals surface area contributed by atoms with Crippen LogP contribution in [-0.2, 0) is 9.84 Å². The second-order valence-electron chi connectivity index (χ2n) is 5.92. The molecule has 2 unspecified atom stereocenters. The molecule has 0 aromatic rings. The predicted molar refractivity (Wildman–Crippen MR) is 74.5 cm³/mol. The molecule has 0 aromatic heterocycles. The summed E-state index contributed by atoms with van der Waals surface area (Å²) in [5.41, 5.74) is 0. The Morgan fingerprint density at radius 2 is 2.06 bits per heavy atom. The SMILES string of the molecule is CC(CN1CCCC1)NCCC1CCS(=O)(=O)C1. The van der Waals surface area contributed by atoms with E-state index >= 15 is 0 Å². The van der Waals surface area contributed by atoms with Gasteiger partial charge in [0, 0.05) is 12.6 Å². The summed E-state index contributed by atoms with van der Waals surface area (Å²) >= 11 is 0. The number of rotatable bonds is 6. The van der Waals surface area contributed by atoms with Crippen molar-refractivity contribution in [2.24, 2.45) is 5.92 Å². The lowest BCUT2D eigenvalue weighted by Crippen LogP contribution is -2.38. The number of nitrogens with zero attached hydrogens (tertiary/aromatic N) is 1. The molecule has 2 fully saturated rings. The second-order valence-corrected chi connectivity index (χ2v) is 8.15. The Morgan fingerprint density at radius 1 is 1.33 bits per heavy atom. The lowest BCUT2D eigenvalue weighted by Gasteiger charge is -2.21. The van der Waals surface area contributed by atoms with Gasteiger partial charge in [-0.25, -0.2) is 8.42 Å². The highest BCUT2D eigenvalue weighted by Gasteiger charge is 2.27. The van der Waals surface area contributed by atoms with Crippen LogP contribution in [0, 0.1) is 5.92 Å². The van der Waals surface area contributed by atoms with Crippen molar-refractivity contribution in [3.8, 4) is 0 Å². The molecule has 2 heterocycles. The van der Waals surface area contributed by atoms with E-state index in [2.05, 4.69) is 17.1 Å². The molecule has 2 aliphatic rings. The maximum Gasteiger partial charge on any atom is 0.150 e. The van der Waals surface area contributed by atoms with Crippen molar-refractivity contribution in [1.29, 1.82) is 0 Å². The van der Waals surface area contributed by atoms with Crippen molar-refractivity contribution in [1.82, 2.24) is 10.2 Å². The molecular weight excluding hydrogens is 248 g/mol. The minimum atomic E-state index is -2.70. The zero-order valence-electron chi connectivity index (χ0n) is 11.4. The third-order valence-corrected chi connectivity index (χ3v) is 5.94. The number of likely N-dealkylation sites (tertiary alicyclic amines) is 1. The third-order valence-electron chi connectivity index (χ3n) is 4.10. The first kappa shape index (κ1) is 14.3. The summed E-state index contributed by atoms with van der Waals surface area (Å²) in [7, 11) is -2.70. The molecule has 0 bridgehead atoms. The molecule has 2 aliphatic heterocycles. The van der Waals surface area contributed by atoms with Gasteiger partial charge in [-0.15, -0.1) is 0 Å². The molecule has 0 aromatic carbocycles. The van der Waals surface area contributed by atoms with E-state index in [1.165, 1.54) is 25.9 Å². The number of hydrogen-bond acceptors (Lipinski definition) is 4. The number of hydrogen-bond donors (Lipinski definition) is 1. The highest BCUT2D eigenvalue weighted by Crippen LogP contribution is 2.20. The standard InChI is InChI=1S/C13H26N2O2S/c1-12(10-15-7-2-3-8-15)14-6-4-13-5-9-18(16,17)11-13/h12-14H,2-11H2,1H3. The van der Waals surface area contributed by atoms with Crippen molar-refractivity contribution in [2.45, 2.75) is 38.6 Å². The Kier molecular flexibility index (Phi) is 5.04. The molecule has 2 atom stereocenters. The van der Waals surface area contributed by atoms with Crippen molar-refractivity contribution in [3.63, 3.8) is 0 Å². The van der Waals surface area contributed by atoms with Crippen LogP contribution in [0.4, 0.5) is 0 Å². The zero-order valence-corrected chi connectivity index (χ0v) is 12.2. The lowest BCUT2D eigenvalue weighted by molar-refractivity contribution is 0.296. The van der Waals surface area contributed by atoms with Gasteiger partial charge in [0.25, 0.3) is 0 Å². The summed E-state index contributed by atoms with van der Waals surface area (Å²) in [5.74, 6) is 1.21. The normalized spacial score (nSPS) is 29.7. The Labute approximate surface area is 111 Å². The van der Waals surface area contributed by atoms with Crippen molar-refractivity contribution >= 4 is 9.84 Å². The second kappa shape index (κ2) is 6.35. The Hall–Kier alpha value is -0.130. The van der Waals surface area contributed by atoms with E-state index in [4.69, 9.17) is 0 Å². The van der Waals surface area contributed by atoms with E-state index in [9.17, 15) is 8.42 Å². The molecule has 106 valence electrons. The minimum absolute atomic E-state index is 0.390. The first-order valence-electron chi connectivity index (χ1n) is 7.21. The average molecular weight is 274 g/mol. The quantitative estimate of drug-likeness (QED) is 0.781. The topological polar surface area (TPSA) is 49.4 Å². The average Bonchev–Trinajstić information content (AvgIpc) is 2.88. The maximum atomic E-state index is 11.3. The van der Waals surface area contributed by atoms with Gasteiger partial charge in [0.05, 0.1) is 11.5 Å². The molecule has 0 amide bonds.